The Morgan fingerprint density at radius 3 is 2.27 bits per heavy atom. The van der Waals surface area contributed by atoms with E-state index in [0.717, 1.165) is 43.9 Å². The molecule has 2 unspecified atom stereocenters. The van der Waals surface area contributed by atoms with Crippen molar-refractivity contribution in [1.82, 2.24) is 5.32 Å². The zero-order chi connectivity index (χ0) is 18.8. The molecule has 3 heteroatoms. The molecular formula is C23H33NO2. The van der Waals surface area contributed by atoms with E-state index in [1.54, 1.807) is 0 Å². The molecule has 0 spiro atoms. The highest BCUT2D eigenvalue weighted by molar-refractivity contribution is 5.41. The average Bonchev–Trinajstić information content (AvgIpc) is 2.67. The van der Waals surface area contributed by atoms with Crippen molar-refractivity contribution in [3.63, 3.8) is 0 Å². The highest BCUT2D eigenvalue weighted by Crippen LogP contribution is 2.27. The quantitative estimate of drug-likeness (QED) is 0.549. The van der Waals surface area contributed by atoms with Gasteiger partial charge in [0.1, 0.15) is 11.5 Å². The van der Waals surface area contributed by atoms with E-state index in [2.05, 4.69) is 69.4 Å². The molecule has 0 aliphatic rings. The molecular weight excluding hydrogens is 322 g/mol. The third kappa shape index (κ3) is 6.72. The molecule has 26 heavy (non-hydrogen) atoms. The largest absolute Gasteiger partial charge is 0.491 e. The summed E-state index contributed by atoms with van der Waals surface area (Å²) in [6, 6.07) is 16.8. The number of ether oxygens (including phenoxy) is 2. The first-order valence-corrected chi connectivity index (χ1v) is 9.83. The fraction of sp³-hybridized carbons (Fsp3) is 0.478. The fourth-order valence-electron chi connectivity index (χ4n) is 2.58. The molecule has 2 atom stereocenters. The molecule has 0 saturated heterocycles. The average molecular weight is 356 g/mol. The van der Waals surface area contributed by atoms with E-state index in [1.165, 1.54) is 11.1 Å². The highest BCUT2D eigenvalue weighted by Gasteiger charge is 2.10. The fourth-order valence-corrected chi connectivity index (χ4v) is 2.58. The Morgan fingerprint density at radius 2 is 1.58 bits per heavy atom. The molecule has 0 fully saturated rings. The van der Waals surface area contributed by atoms with Gasteiger partial charge < -0.3 is 14.8 Å². The smallest absolute Gasteiger partial charge is 0.127 e. The van der Waals surface area contributed by atoms with Crippen molar-refractivity contribution in [3.05, 3.63) is 59.7 Å². The highest BCUT2D eigenvalue weighted by atomic mass is 16.5. The molecule has 2 aromatic rings. The van der Waals surface area contributed by atoms with Crippen molar-refractivity contribution < 1.29 is 9.47 Å². The van der Waals surface area contributed by atoms with Gasteiger partial charge in [-0.15, -0.1) is 0 Å². The Labute approximate surface area is 158 Å². The van der Waals surface area contributed by atoms with Gasteiger partial charge in [-0.2, -0.15) is 0 Å². The topological polar surface area (TPSA) is 30.5 Å². The van der Waals surface area contributed by atoms with Crippen molar-refractivity contribution in [3.8, 4) is 11.5 Å². The summed E-state index contributed by atoms with van der Waals surface area (Å²) >= 11 is 0. The normalized spacial score (nSPS) is 13.2. The van der Waals surface area contributed by atoms with Crippen molar-refractivity contribution in [2.75, 3.05) is 6.54 Å². The first-order chi connectivity index (χ1) is 12.6. The Morgan fingerprint density at radius 1 is 0.885 bits per heavy atom. The third-order valence-electron chi connectivity index (χ3n) is 4.60. The lowest BCUT2D eigenvalue weighted by Crippen LogP contribution is -2.19. The van der Waals surface area contributed by atoms with Crippen molar-refractivity contribution in [2.45, 2.75) is 65.7 Å². The van der Waals surface area contributed by atoms with Crippen LogP contribution in [0.3, 0.4) is 0 Å². The van der Waals surface area contributed by atoms with Crippen molar-refractivity contribution >= 4 is 0 Å². The van der Waals surface area contributed by atoms with Gasteiger partial charge in [-0.25, -0.2) is 0 Å². The second kappa shape index (κ2) is 10.9. The van der Waals surface area contributed by atoms with Gasteiger partial charge in [0.25, 0.3) is 0 Å². The standard InChI is InChI=1S/C23H33NO2/c1-5-18(3)25-22-13-12-21(23(16-22)26-19(4)6-2)17-24-15-14-20-10-8-7-9-11-20/h7-13,16,18-19,24H,5-6,14-15,17H2,1-4H3. The number of hydrogen-bond donors (Lipinski definition) is 1. The van der Waals surface area contributed by atoms with Crippen LogP contribution in [0.2, 0.25) is 0 Å². The third-order valence-corrected chi connectivity index (χ3v) is 4.60. The predicted molar refractivity (Wildman–Crippen MR) is 109 cm³/mol. The van der Waals surface area contributed by atoms with E-state index in [4.69, 9.17) is 9.47 Å². The van der Waals surface area contributed by atoms with Crippen LogP contribution < -0.4 is 14.8 Å². The van der Waals surface area contributed by atoms with Crippen LogP contribution in [-0.4, -0.2) is 18.8 Å². The number of hydrogen-bond acceptors (Lipinski definition) is 3. The maximum Gasteiger partial charge on any atom is 0.127 e. The minimum atomic E-state index is 0.192. The zero-order valence-electron chi connectivity index (χ0n) is 16.6. The number of nitrogens with one attached hydrogen (secondary N) is 1. The first kappa shape index (κ1) is 20.3. The molecule has 0 aliphatic heterocycles. The minimum absolute atomic E-state index is 0.192. The summed E-state index contributed by atoms with van der Waals surface area (Å²) in [7, 11) is 0. The Balaban J connectivity index is 1.98. The zero-order valence-corrected chi connectivity index (χ0v) is 16.6. The molecule has 1 N–H and O–H groups in total. The summed E-state index contributed by atoms with van der Waals surface area (Å²) in [5.41, 5.74) is 2.53. The summed E-state index contributed by atoms with van der Waals surface area (Å²) in [6.45, 7) is 10.2. The van der Waals surface area contributed by atoms with Crippen molar-refractivity contribution in [1.29, 1.82) is 0 Å². The molecule has 3 nitrogen and oxygen atoms in total. The molecule has 0 amide bonds. The monoisotopic (exact) mass is 355 g/mol. The van der Waals surface area contributed by atoms with Gasteiger partial charge in [-0.05, 0) is 51.3 Å². The van der Waals surface area contributed by atoms with Crippen LogP contribution in [0, 0.1) is 0 Å². The van der Waals surface area contributed by atoms with Crippen molar-refractivity contribution in [2.24, 2.45) is 0 Å². The van der Waals surface area contributed by atoms with Crippen LogP contribution in [-0.2, 0) is 13.0 Å². The van der Waals surface area contributed by atoms with E-state index < -0.39 is 0 Å². The number of benzene rings is 2. The lowest BCUT2D eigenvalue weighted by atomic mass is 10.1. The van der Waals surface area contributed by atoms with E-state index in [0.29, 0.717) is 0 Å². The summed E-state index contributed by atoms with van der Waals surface area (Å²) in [5.74, 6) is 1.80. The molecule has 0 aliphatic carbocycles. The first-order valence-electron chi connectivity index (χ1n) is 9.83. The SMILES string of the molecule is CCC(C)Oc1ccc(CNCCc2ccccc2)c(OC(C)CC)c1. The second-order valence-electron chi connectivity index (χ2n) is 6.86. The molecule has 0 saturated carbocycles. The van der Waals surface area contributed by atoms with Gasteiger partial charge in [-0.1, -0.05) is 50.2 Å². The Bertz CT molecular complexity index is 642. The van der Waals surface area contributed by atoms with Crippen LogP contribution in [0.5, 0.6) is 11.5 Å². The molecule has 2 rings (SSSR count). The van der Waals surface area contributed by atoms with Crippen LogP contribution in [0.1, 0.15) is 51.7 Å². The molecule has 0 radical (unpaired) electrons. The Hall–Kier alpha value is -2.00. The maximum atomic E-state index is 6.15. The summed E-state index contributed by atoms with van der Waals surface area (Å²) in [6.07, 6.45) is 3.40. The number of rotatable bonds is 11. The molecule has 0 bridgehead atoms. The van der Waals surface area contributed by atoms with Crippen LogP contribution in [0.4, 0.5) is 0 Å². The summed E-state index contributed by atoms with van der Waals surface area (Å²) < 4.78 is 12.1. The summed E-state index contributed by atoms with van der Waals surface area (Å²) in [5, 5.41) is 3.53. The minimum Gasteiger partial charge on any atom is -0.491 e. The molecule has 142 valence electrons. The molecule has 2 aromatic carbocycles. The lowest BCUT2D eigenvalue weighted by molar-refractivity contribution is 0.203. The maximum absolute atomic E-state index is 6.15. The van der Waals surface area contributed by atoms with E-state index >= 15 is 0 Å². The lowest BCUT2D eigenvalue weighted by Gasteiger charge is -2.19. The van der Waals surface area contributed by atoms with Gasteiger partial charge in [0.15, 0.2) is 0 Å². The van der Waals surface area contributed by atoms with Crippen LogP contribution in [0.25, 0.3) is 0 Å². The van der Waals surface area contributed by atoms with Gasteiger partial charge in [0.2, 0.25) is 0 Å². The van der Waals surface area contributed by atoms with Gasteiger partial charge in [0, 0.05) is 18.2 Å². The van der Waals surface area contributed by atoms with Gasteiger partial charge in [-0.3, -0.25) is 0 Å². The summed E-state index contributed by atoms with van der Waals surface area (Å²) in [4.78, 5) is 0. The van der Waals surface area contributed by atoms with Crippen LogP contribution >= 0.6 is 0 Å². The van der Waals surface area contributed by atoms with E-state index in [9.17, 15) is 0 Å². The van der Waals surface area contributed by atoms with Gasteiger partial charge in [0.05, 0.1) is 12.2 Å². The second-order valence-corrected chi connectivity index (χ2v) is 6.86. The van der Waals surface area contributed by atoms with E-state index in [1.807, 2.05) is 12.1 Å². The van der Waals surface area contributed by atoms with E-state index in [-0.39, 0.29) is 12.2 Å². The molecule has 0 heterocycles. The van der Waals surface area contributed by atoms with Gasteiger partial charge >= 0.3 is 0 Å². The molecule has 0 aromatic heterocycles. The van der Waals surface area contributed by atoms with Crippen LogP contribution in [0.15, 0.2) is 48.5 Å². The predicted octanol–water partition coefficient (Wildman–Crippen LogP) is 5.37. The Kier molecular flexibility index (Phi) is 8.49.